The number of rotatable bonds is 2. The first-order chi connectivity index (χ1) is 6.27. The Balaban J connectivity index is 3.19. The third-order valence-electron chi connectivity index (χ3n) is 1.27. The van der Waals surface area contributed by atoms with Crippen LogP contribution in [0.3, 0.4) is 0 Å². The molecule has 0 saturated heterocycles. The largest absolute Gasteiger partial charge is 0.240 e. The Morgan fingerprint density at radius 3 is 2.38 bits per heavy atom. The highest BCUT2D eigenvalue weighted by atomic mass is 19.1. The highest BCUT2D eigenvalue weighted by molar-refractivity contribution is 5.56. The molecular formula is C8H3FN2O2. The van der Waals surface area contributed by atoms with Crippen LogP contribution in [-0.4, -0.2) is 12.2 Å². The van der Waals surface area contributed by atoms with Crippen molar-refractivity contribution in [1.29, 1.82) is 0 Å². The lowest BCUT2D eigenvalue weighted by molar-refractivity contribution is 0.563. The number of aliphatic imine (C=N–C) groups is 2. The van der Waals surface area contributed by atoms with Gasteiger partial charge in [-0.25, -0.2) is 14.0 Å². The van der Waals surface area contributed by atoms with E-state index >= 15 is 0 Å². The molecule has 0 aliphatic carbocycles. The summed E-state index contributed by atoms with van der Waals surface area (Å²) in [7, 11) is 0. The van der Waals surface area contributed by atoms with Gasteiger partial charge >= 0.3 is 0 Å². The van der Waals surface area contributed by atoms with Gasteiger partial charge in [0.25, 0.3) is 0 Å². The molecule has 0 aliphatic rings. The maximum atomic E-state index is 12.9. The van der Waals surface area contributed by atoms with E-state index in [0.29, 0.717) is 0 Å². The lowest BCUT2D eigenvalue weighted by atomic mass is 10.3. The van der Waals surface area contributed by atoms with Crippen LogP contribution in [0.2, 0.25) is 0 Å². The summed E-state index contributed by atoms with van der Waals surface area (Å²) in [5.74, 6) is -0.736. The number of halogens is 1. The minimum absolute atomic E-state index is 0.123. The first kappa shape index (κ1) is 9.00. The van der Waals surface area contributed by atoms with E-state index in [4.69, 9.17) is 0 Å². The zero-order chi connectivity index (χ0) is 9.68. The van der Waals surface area contributed by atoms with Gasteiger partial charge in [-0.05, 0) is 12.1 Å². The molecule has 0 radical (unpaired) electrons. The Bertz CT molecular complexity index is 418. The van der Waals surface area contributed by atoms with Crippen molar-refractivity contribution in [3.8, 4) is 0 Å². The van der Waals surface area contributed by atoms with Crippen LogP contribution >= 0.6 is 0 Å². The molecule has 0 aliphatic heterocycles. The zero-order valence-electron chi connectivity index (χ0n) is 6.32. The molecule has 1 rings (SSSR count). The SMILES string of the molecule is O=C=Nc1ccc(N=C=O)c(F)c1. The number of hydrogen-bond acceptors (Lipinski definition) is 4. The molecular weight excluding hydrogens is 175 g/mol. The highest BCUT2D eigenvalue weighted by Crippen LogP contribution is 2.22. The number of nitrogens with zero attached hydrogens (tertiary/aromatic N) is 2. The minimum atomic E-state index is -0.736. The van der Waals surface area contributed by atoms with Gasteiger partial charge in [0.05, 0.1) is 5.69 Å². The molecule has 5 heteroatoms. The third-order valence-corrected chi connectivity index (χ3v) is 1.27. The van der Waals surface area contributed by atoms with Crippen molar-refractivity contribution in [3.05, 3.63) is 24.0 Å². The molecule has 1 aromatic carbocycles. The zero-order valence-corrected chi connectivity index (χ0v) is 6.32. The van der Waals surface area contributed by atoms with Gasteiger partial charge in [-0.2, -0.15) is 9.98 Å². The maximum Gasteiger partial charge on any atom is 0.240 e. The van der Waals surface area contributed by atoms with Crippen LogP contribution in [0.25, 0.3) is 0 Å². The van der Waals surface area contributed by atoms with E-state index in [1.54, 1.807) is 0 Å². The number of benzene rings is 1. The standard InChI is InChI=1S/C8H3FN2O2/c9-7-3-6(10-4-12)1-2-8(7)11-5-13/h1-3H. The molecule has 1 aromatic rings. The van der Waals surface area contributed by atoms with Gasteiger partial charge in [-0.1, -0.05) is 0 Å². The van der Waals surface area contributed by atoms with Crippen LogP contribution in [0.1, 0.15) is 0 Å². The maximum absolute atomic E-state index is 12.9. The fraction of sp³-hybridized carbons (Fsp3) is 0. The van der Waals surface area contributed by atoms with E-state index in [2.05, 4.69) is 9.98 Å². The van der Waals surface area contributed by atoms with Crippen molar-refractivity contribution in [2.24, 2.45) is 9.98 Å². The Morgan fingerprint density at radius 2 is 1.85 bits per heavy atom. The van der Waals surface area contributed by atoms with Gasteiger partial charge in [0.15, 0.2) is 5.82 Å². The highest BCUT2D eigenvalue weighted by Gasteiger charge is 2.00. The van der Waals surface area contributed by atoms with E-state index in [0.717, 1.165) is 6.07 Å². The Hall–Kier alpha value is -2.09. The minimum Gasteiger partial charge on any atom is -0.211 e. The lowest BCUT2D eigenvalue weighted by Gasteiger charge is -1.93. The van der Waals surface area contributed by atoms with E-state index in [-0.39, 0.29) is 11.4 Å². The van der Waals surface area contributed by atoms with Gasteiger partial charge in [0.2, 0.25) is 12.2 Å². The molecule has 64 valence electrons. The molecule has 0 fully saturated rings. The van der Waals surface area contributed by atoms with Crippen LogP contribution in [-0.2, 0) is 9.59 Å². The van der Waals surface area contributed by atoms with E-state index in [1.165, 1.54) is 24.3 Å². The predicted molar refractivity (Wildman–Crippen MR) is 42.0 cm³/mol. The molecule has 0 N–H and O–H groups in total. The van der Waals surface area contributed by atoms with E-state index in [1.807, 2.05) is 0 Å². The molecule has 13 heavy (non-hydrogen) atoms. The van der Waals surface area contributed by atoms with Crippen molar-refractivity contribution in [2.75, 3.05) is 0 Å². The van der Waals surface area contributed by atoms with Crippen molar-refractivity contribution < 1.29 is 14.0 Å². The average Bonchev–Trinajstić information content (AvgIpc) is 2.10. The second-order valence-corrected chi connectivity index (χ2v) is 2.04. The van der Waals surface area contributed by atoms with Crippen molar-refractivity contribution >= 4 is 23.5 Å². The van der Waals surface area contributed by atoms with Crippen molar-refractivity contribution in [3.63, 3.8) is 0 Å². The lowest BCUT2D eigenvalue weighted by Crippen LogP contribution is -1.74. The van der Waals surface area contributed by atoms with Crippen LogP contribution in [0.15, 0.2) is 28.2 Å². The third kappa shape index (κ3) is 2.17. The average molecular weight is 178 g/mol. The molecule has 0 spiro atoms. The Morgan fingerprint density at radius 1 is 1.15 bits per heavy atom. The number of hydrogen-bond donors (Lipinski definition) is 0. The summed E-state index contributed by atoms with van der Waals surface area (Å²) in [6.07, 6.45) is 2.47. The quantitative estimate of drug-likeness (QED) is 0.511. The Kier molecular flexibility index (Phi) is 2.82. The smallest absolute Gasteiger partial charge is 0.211 e. The van der Waals surface area contributed by atoms with Crippen LogP contribution in [0, 0.1) is 5.82 Å². The van der Waals surface area contributed by atoms with Gasteiger partial charge in [0, 0.05) is 6.07 Å². The van der Waals surface area contributed by atoms with Gasteiger partial charge in [-0.15, -0.1) is 0 Å². The van der Waals surface area contributed by atoms with Crippen LogP contribution < -0.4 is 0 Å². The summed E-state index contributed by atoms with van der Waals surface area (Å²) in [4.78, 5) is 25.9. The van der Waals surface area contributed by atoms with Crippen molar-refractivity contribution in [1.82, 2.24) is 0 Å². The fourth-order valence-electron chi connectivity index (χ4n) is 0.758. The second kappa shape index (κ2) is 4.07. The van der Waals surface area contributed by atoms with Gasteiger partial charge in [0.1, 0.15) is 5.69 Å². The van der Waals surface area contributed by atoms with Crippen LogP contribution in [0.4, 0.5) is 15.8 Å². The van der Waals surface area contributed by atoms with E-state index in [9.17, 15) is 14.0 Å². The topological polar surface area (TPSA) is 58.9 Å². The second-order valence-electron chi connectivity index (χ2n) is 2.04. The Labute approximate surface area is 72.4 Å². The molecule has 0 aromatic heterocycles. The molecule has 0 amide bonds. The first-order valence-corrected chi connectivity index (χ1v) is 3.23. The van der Waals surface area contributed by atoms with Gasteiger partial charge in [-0.3, -0.25) is 0 Å². The summed E-state index contributed by atoms with van der Waals surface area (Å²) in [6.45, 7) is 0. The summed E-state index contributed by atoms with van der Waals surface area (Å²) >= 11 is 0. The first-order valence-electron chi connectivity index (χ1n) is 3.23. The molecule has 0 heterocycles. The van der Waals surface area contributed by atoms with Gasteiger partial charge < -0.3 is 0 Å². The molecule has 4 nitrogen and oxygen atoms in total. The summed E-state index contributed by atoms with van der Waals surface area (Å²) in [5.41, 5.74) is -0.0165. The molecule has 0 saturated carbocycles. The predicted octanol–water partition coefficient (Wildman–Crippen LogP) is 1.76. The van der Waals surface area contributed by atoms with Crippen LogP contribution in [0.5, 0.6) is 0 Å². The molecule has 0 bridgehead atoms. The normalized spacial score (nSPS) is 8.38. The van der Waals surface area contributed by atoms with E-state index < -0.39 is 5.82 Å². The summed E-state index contributed by atoms with van der Waals surface area (Å²) in [6, 6.07) is 3.53. The summed E-state index contributed by atoms with van der Waals surface area (Å²) in [5, 5.41) is 0. The fourth-order valence-corrected chi connectivity index (χ4v) is 0.758. The number of isocyanates is 2. The monoisotopic (exact) mass is 178 g/mol. The summed E-state index contributed by atoms with van der Waals surface area (Å²) < 4.78 is 12.9. The molecule has 0 unspecified atom stereocenters. The molecule has 0 atom stereocenters. The number of carbonyl (C=O) groups excluding carboxylic acids is 2. The van der Waals surface area contributed by atoms with Crippen molar-refractivity contribution in [2.45, 2.75) is 0 Å².